The first-order chi connectivity index (χ1) is 7.92. The van der Waals surface area contributed by atoms with E-state index in [0.29, 0.717) is 6.54 Å². The quantitative estimate of drug-likeness (QED) is 0.751. The molecule has 0 aliphatic heterocycles. The lowest BCUT2D eigenvalue weighted by molar-refractivity contribution is -0.274. The molecule has 94 valence electrons. The van der Waals surface area contributed by atoms with E-state index in [1.165, 1.54) is 12.1 Å². The minimum atomic E-state index is -4.64. The largest absolute Gasteiger partial charge is 0.573 e. The summed E-state index contributed by atoms with van der Waals surface area (Å²) in [5.41, 5.74) is 0.831. The number of likely N-dealkylation sites (N-methyl/N-ethyl adjacent to an activating group) is 1. The lowest BCUT2D eigenvalue weighted by Gasteiger charge is -2.17. The Kier molecular flexibility index (Phi) is 4.43. The molecule has 2 nitrogen and oxygen atoms in total. The Morgan fingerprint density at radius 2 is 1.82 bits per heavy atom. The van der Waals surface area contributed by atoms with Gasteiger partial charge in [0.1, 0.15) is 5.75 Å². The first kappa shape index (κ1) is 13.4. The van der Waals surface area contributed by atoms with Gasteiger partial charge in [-0.25, -0.2) is 0 Å². The Labute approximate surface area is 98.3 Å². The van der Waals surface area contributed by atoms with E-state index in [4.69, 9.17) is 0 Å². The van der Waals surface area contributed by atoms with Crippen LogP contribution in [0.2, 0.25) is 0 Å². The lowest BCUT2D eigenvalue weighted by atomic mass is 10.3. The predicted molar refractivity (Wildman–Crippen MR) is 61.2 cm³/mol. The van der Waals surface area contributed by atoms with Crippen LogP contribution in [-0.2, 0) is 0 Å². The van der Waals surface area contributed by atoms with E-state index in [0.717, 1.165) is 5.69 Å². The molecule has 0 fully saturated rings. The maximum atomic E-state index is 11.9. The van der Waals surface area contributed by atoms with Gasteiger partial charge in [-0.1, -0.05) is 12.2 Å². The van der Waals surface area contributed by atoms with Gasteiger partial charge in [0, 0.05) is 19.3 Å². The number of anilines is 1. The van der Waals surface area contributed by atoms with Crippen molar-refractivity contribution in [3.8, 4) is 5.75 Å². The van der Waals surface area contributed by atoms with Crippen molar-refractivity contribution in [2.75, 3.05) is 18.5 Å². The van der Waals surface area contributed by atoms with E-state index in [-0.39, 0.29) is 5.75 Å². The van der Waals surface area contributed by atoms with Crippen molar-refractivity contribution in [2.24, 2.45) is 0 Å². The Balaban J connectivity index is 2.67. The van der Waals surface area contributed by atoms with Crippen LogP contribution < -0.4 is 9.64 Å². The molecule has 0 aliphatic rings. The number of benzene rings is 1. The third kappa shape index (κ3) is 4.80. The number of alkyl halides is 3. The smallest absolute Gasteiger partial charge is 0.406 e. The zero-order valence-corrected chi connectivity index (χ0v) is 9.66. The second-order valence-electron chi connectivity index (χ2n) is 3.49. The highest BCUT2D eigenvalue weighted by molar-refractivity contribution is 5.48. The van der Waals surface area contributed by atoms with E-state index in [1.54, 1.807) is 12.1 Å². The molecule has 0 bridgehead atoms. The molecule has 17 heavy (non-hydrogen) atoms. The standard InChI is InChI=1S/C12H14F3NO/c1-3-4-9-16(2)10-5-7-11(8-6-10)17-12(13,14)15/h3-8H,9H2,1-2H3. The molecule has 0 atom stereocenters. The van der Waals surface area contributed by atoms with E-state index in [9.17, 15) is 13.2 Å². The average Bonchev–Trinajstić information content (AvgIpc) is 2.24. The van der Waals surface area contributed by atoms with Crippen LogP contribution >= 0.6 is 0 Å². The van der Waals surface area contributed by atoms with Gasteiger partial charge in [0.2, 0.25) is 0 Å². The van der Waals surface area contributed by atoms with Crippen LogP contribution in [0.15, 0.2) is 36.4 Å². The monoisotopic (exact) mass is 245 g/mol. The second-order valence-corrected chi connectivity index (χ2v) is 3.49. The van der Waals surface area contributed by atoms with Gasteiger partial charge < -0.3 is 9.64 Å². The first-order valence-electron chi connectivity index (χ1n) is 5.10. The van der Waals surface area contributed by atoms with Crippen molar-refractivity contribution >= 4 is 5.69 Å². The number of hydrogen-bond donors (Lipinski definition) is 0. The Hall–Kier alpha value is -1.65. The van der Waals surface area contributed by atoms with Gasteiger partial charge in [0.05, 0.1) is 0 Å². The molecular weight excluding hydrogens is 231 g/mol. The zero-order valence-electron chi connectivity index (χ0n) is 9.66. The van der Waals surface area contributed by atoms with Crippen LogP contribution in [0.5, 0.6) is 5.75 Å². The number of hydrogen-bond acceptors (Lipinski definition) is 2. The molecule has 5 heteroatoms. The maximum absolute atomic E-state index is 11.9. The van der Waals surface area contributed by atoms with Gasteiger partial charge in [-0.3, -0.25) is 0 Å². The molecule has 0 amide bonds. The van der Waals surface area contributed by atoms with Gasteiger partial charge in [-0.05, 0) is 31.2 Å². The minimum Gasteiger partial charge on any atom is -0.406 e. The molecule has 0 unspecified atom stereocenters. The first-order valence-corrected chi connectivity index (χ1v) is 5.10. The fourth-order valence-corrected chi connectivity index (χ4v) is 1.27. The maximum Gasteiger partial charge on any atom is 0.573 e. The fraction of sp³-hybridized carbons (Fsp3) is 0.333. The second kappa shape index (κ2) is 5.61. The Morgan fingerprint density at radius 3 is 2.29 bits per heavy atom. The SMILES string of the molecule is CC=CCN(C)c1ccc(OC(F)(F)F)cc1. The summed E-state index contributed by atoms with van der Waals surface area (Å²) in [6, 6.07) is 5.78. The molecule has 0 saturated heterocycles. The molecule has 0 aromatic heterocycles. The highest BCUT2D eigenvalue weighted by atomic mass is 19.4. The molecule has 1 rings (SSSR count). The molecule has 1 aromatic carbocycles. The summed E-state index contributed by atoms with van der Waals surface area (Å²) in [4.78, 5) is 1.91. The summed E-state index contributed by atoms with van der Waals surface area (Å²) in [6.07, 6.45) is -0.768. The van der Waals surface area contributed by atoms with Gasteiger partial charge in [0.25, 0.3) is 0 Å². The third-order valence-electron chi connectivity index (χ3n) is 2.13. The fourth-order valence-electron chi connectivity index (χ4n) is 1.27. The van der Waals surface area contributed by atoms with Gasteiger partial charge in [-0.15, -0.1) is 13.2 Å². The molecule has 0 saturated carbocycles. The number of halogens is 3. The van der Waals surface area contributed by atoms with Gasteiger partial charge in [0.15, 0.2) is 0 Å². The van der Waals surface area contributed by atoms with Crippen LogP contribution in [0.3, 0.4) is 0 Å². The average molecular weight is 245 g/mol. The molecule has 0 radical (unpaired) electrons. The molecule has 0 heterocycles. The normalized spacial score (nSPS) is 11.8. The Bertz CT molecular complexity index is 370. The molecule has 0 spiro atoms. The van der Waals surface area contributed by atoms with Crippen molar-refractivity contribution in [2.45, 2.75) is 13.3 Å². The van der Waals surface area contributed by atoms with Crippen LogP contribution in [0.25, 0.3) is 0 Å². The number of nitrogens with zero attached hydrogens (tertiary/aromatic N) is 1. The van der Waals surface area contributed by atoms with Crippen LogP contribution in [0, 0.1) is 0 Å². The van der Waals surface area contributed by atoms with Crippen LogP contribution in [0.4, 0.5) is 18.9 Å². The summed E-state index contributed by atoms with van der Waals surface area (Å²) < 4.78 is 39.6. The summed E-state index contributed by atoms with van der Waals surface area (Å²) in [5, 5.41) is 0. The summed E-state index contributed by atoms with van der Waals surface area (Å²) in [5.74, 6) is -0.208. The van der Waals surface area contributed by atoms with Crippen molar-refractivity contribution in [1.82, 2.24) is 0 Å². The van der Waals surface area contributed by atoms with Crippen molar-refractivity contribution in [3.63, 3.8) is 0 Å². The topological polar surface area (TPSA) is 12.5 Å². The van der Waals surface area contributed by atoms with E-state index < -0.39 is 6.36 Å². The number of allylic oxidation sites excluding steroid dienone is 1. The van der Waals surface area contributed by atoms with E-state index >= 15 is 0 Å². The summed E-state index contributed by atoms with van der Waals surface area (Å²) in [6.45, 7) is 2.62. The number of rotatable bonds is 4. The van der Waals surface area contributed by atoms with Crippen molar-refractivity contribution in [3.05, 3.63) is 36.4 Å². The molecular formula is C12H14F3NO. The van der Waals surface area contributed by atoms with Gasteiger partial charge in [-0.2, -0.15) is 0 Å². The van der Waals surface area contributed by atoms with Crippen molar-refractivity contribution in [1.29, 1.82) is 0 Å². The third-order valence-corrected chi connectivity index (χ3v) is 2.13. The van der Waals surface area contributed by atoms with Crippen LogP contribution in [0.1, 0.15) is 6.92 Å². The van der Waals surface area contributed by atoms with E-state index in [1.807, 2.05) is 31.0 Å². The highest BCUT2D eigenvalue weighted by Gasteiger charge is 2.30. The number of ether oxygens (including phenoxy) is 1. The van der Waals surface area contributed by atoms with E-state index in [2.05, 4.69) is 4.74 Å². The predicted octanol–water partition coefficient (Wildman–Crippen LogP) is 3.60. The van der Waals surface area contributed by atoms with Crippen LogP contribution in [-0.4, -0.2) is 20.0 Å². The van der Waals surface area contributed by atoms with Gasteiger partial charge >= 0.3 is 6.36 Å². The summed E-state index contributed by atoms with van der Waals surface area (Å²) >= 11 is 0. The molecule has 0 N–H and O–H groups in total. The Morgan fingerprint density at radius 1 is 1.24 bits per heavy atom. The lowest BCUT2D eigenvalue weighted by Crippen LogP contribution is -2.18. The van der Waals surface area contributed by atoms with Crippen molar-refractivity contribution < 1.29 is 17.9 Å². The summed E-state index contributed by atoms with van der Waals surface area (Å²) in [7, 11) is 1.86. The molecule has 0 aliphatic carbocycles. The zero-order chi connectivity index (χ0) is 12.9. The minimum absolute atomic E-state index is 0.208. The molecule has 1 aromatic rings. The highest BCUT2D eigenvalue weighted by Crippen LogP contribution is 2.24.